The van der Waals surface area contributed by atoms with Crippen LogP contribution < -0.4 is 9.64 Å². The van der Waals surface area contributed by atoms with Crippen molar-refractivity contribution in [1.29, 1.82) is 0 Å². The van der Waals surface area contributed by atoms with Gasteiger partial charge in [0.1, 0.15) is 32.1 Å². The first-order valence-electron chi connectivity index (χ1n) is 10.9. The first-order valence-corrected chi connectivity index (χ1v) is 12.3. The molecule has 9 nitrogen and oxygen atoms in total. The van der Waals surface area contributed by atoms with Gasteiger partial charge in [-0.05, 0) is 57.5 Å². The fourth-order valence-corrected chi connectivity index (χ4v) is 3.91. The number of ether oxygens (including phenoxy) is 3. The lowest BCUT2D eigenvalue weighted by Crippen LogP contribution is -2.36. The third-order valence-electron chi connectivity index (χ3n) is 4.60. The molecule has 10 heteroatoms. The summed E-state index contributed by atoms with van der Waals surface area (Å²) in [6, 6.07) is 11.6. The predicted molar refractivity (Wildman–Crippen MR) is 126 cm³/mol. The van der Waals surface area contributed by atoms with Crippen LogP contribution in [0.4, 0.5) is 5.69 Å². The van der Waals surface area contributed by atoms with Crippen LogP contribution in [0.1, 0.15) is 25.0 Å². The average molecular weight is 494 g/mol. The summed E-state index contributed by atoms with van der Waals surface area (Å²) in [6.45, 7) is 6.83. The van der Waals surface area contributed by atoms with Gasteiger partial charge >= 0.3 is 11.9 Å². The molecule has 0 saturated heterocycles. The Bertz CT molecular complexity index is 1050. The molecule has 0 aliphatic heterocycles. The maximum absolute atomic E-state index is 12.4. The lowest BCUT2D eigenvalue weighted by Gasteiger charge is -2.25. The van der Waals surface area contributed by atoms with Crippen molar-refractivity contribution in [2.24, 2.45) is 0 Å². The summed E-state index contributed by atoms with van der Waals surface area (Å²) < 4.78 is 45.7. The number of carbonyl (C=O) groups excluding carboxylic acids is 2. The van der Waals surface area contributed by atoms with E-state index in [9.17, 15) is 18.0 Å². The van der Waals surface area contributed by atoms with E-state index in [0.29, 0.717) is 11.4 Å². The largest absolute Gasteiger partial charge is 0.489 e. The van der Waals surface area contributed by atoms with Gasteiger partial charge in [0.25, 0.3) is 10.1 Å². The van der Waals surface area contributed by atoms with Crippen molar-refractivity contribution in [1.82, 2.24) is 0 Å². The van der Waals surface area contributed by atoms with E-state index in [-0.39, 0.29) is 44.4 Å². The molecule has 0 fully saturated rings. The van der Waals surface area contributed by atoms with E-state index in [0.717, 1.165) is 11.1 Å². The van der Waals surface area contributed by atoms with E-state index in [1.807, 2.05) is 19.9 Å². The number of hydrogen-bond acceptors (Lipinski definition) is 9. The van der Waals surface area contributed by atoms with E-state index < -0.39 is 22.1 Å². The van der Waals surface area contributed by atoms with E-state index in [1.165, 1.54) is 17.0 Å². The number of rotatable bonds is 13. The first-order chi connectivity index (χ1) is 16.2. The van der Waals surface area contributed by atoms with Crippen LogP contribution in [0.2, 0.25) is 0 Å². The molecule has 0 aromatic heterocycles. The number of anilines is 1. The SMILES string of the molecule is CCOC(=O)CN(CC(=O)OCC)c1ccc(C)cc1OCCOS(=O)(=O)c1ccc(C)cc1. The molecule has 0 amide bonds. The van der Waals surface area contributed by atoms with Crippen molar-refractivity contribution in [2.45, 2.75) is 32.6 Å². The van der Waals surface area contributed by atoms with Crippen LogP contribution >= 0.6 is 0 Å². The van der Waals surface area contributed by atoms with Gasteiger partial charge < -0.3 is 19.1 Å². The Morgan fingerprint density at radius 1 is 0.824 bits per heavy atom. The lowest BCUT2D eigenvalue weighted by atomic mass is 10.2. The molecule has 0 radical (unpaired) electrons. The molecule has 0 atom stereocenters. The zero-order valence-corrected chi connectivity index (χ0v) is 20.7. The summed E-state index contributed by atoms with van der Waals surface area (Å²) in [6.07, 6.45) is 0. The van der Waals surface area contributed by atoms with E-state index in [2.05, 4.69) is 0 Å². The van der Waals surface area contributed by atoms with Crippen LogP contribution in [0.5, 0.6) is 5.75 Å². The zero-order chi connectivity index (χ0) is 25.1. The molecule has 0 bridgehead atoms. The van der Waals surface area contributed by atoms with Gasteiger partial charge in [-0.1, -0.05) is 23.8 Å². The Morgan fingerprint density at radius 2 is 1.38 bits per heavy atom. The standard InChI is InChI=1S/C24H31NO8S/c1-5-30-23(26)16-25(17-24(27)31-6-2)21-12-9-19(4)15-22(21)32-13-14-33-34(28,29)20-10-7-18(3)8-11-20/h7-12,15H,5-6,13-14,16-17H2,1-4H3. The number of esters is 2. The summed E-state index contributed by atoms with van der Waals surface area (Å²) in [5, 5.41) is 0. The van der Waals surface area contributed by atoms with Crippen LogP contribution in [0, 0.1) is 13.8 Å². The third-order valence-corrected chi connectivity index (χ3v) is 5.92. The summed E-state index contributed by atoms with van der Waals surface area (Å²) in [7, 11) is -3.92. The van der Waals surface area contributed by atoms with Gasteiger partial charge in [-0.2, -0.15) is 8.42 Å². The van der Waals surface area contributed by atoms with Gasteiger partial charge in [-0.15, -0.1) is 0 Å². The first kappa shape index (κ1) is 27.1. The van der Waals surface area contributed by atoms with Gasteiger partial charge in [0.05, 0.1) is 23.8 Å². The molecule has 186 valence electrons. The molecule has 34 heavy (non-hydrogen) atoms. The molecule has 0 aliphatic carbocycles. The van der Waals surface area contributed by atoms with Crippen molar-refractivity contribution in [3.63, 3.8) is 0 Å². The molecule has 0 N–H and O–H groups in total. The highest BCUT2D eigenvalue weighted by atomic mass is 32.2. The summed E-state index contributed by atoms with van der Waals surface area (Å²) in [5.41, 5.74) is 2.27. The number of carbonyl (C=O) groups is 2. The molecular weight excluding hydrogens is 462 g/mol. The average Bonchev–Trinajstić information content (AvgIpc) is 2.77. The predicted octanol–water partition coefficient (Wildman–Crippen LogP) is 3.02. The lowest BCUT2D eigenvalue weighted by molar-refractivity contribution is -0.142. The smallest absolute Gasteiger partial charge is 0.325 e. The van der Waals surface area contributed by atoms with Crippen LogP contribution in [0.25, 0.3) is 0 Å². The second-order valence-corrected chi connectivity index (χ2v) is 8.99. The molecule has 2 aromatic carbocycles. The quantitative estimate of drug-likeness (QED) is 0.236. The highest BCUT2D eigenvalue weighted by molar-refractivity contribution is 7.86. The highest BCUT2D eigenvalue weighted by Gasteiger charge is 2.21. The molecule has 0 spiro atoms. The van der Waals surface area contributed by atoms with Crippen molar-refractivity contribution in [3.05, 3.63) is 53.6 Å². The molecular formula is C24H31NO8S. The van der Waals surface area contributed by atoms with Crippen molar-refractivity contribution in [2.75, 3.05) is 44.4 Å². The minimum atomic E-state index is -3.92. The number of aryl methyl sites for hydroxylation is 2. The van der Waals surface area contributed by atoms with Gasteiger partial charge in [-0.25, -0.2) is 0 Å². The fraction of sp³-hybridized carbons (Fsp3) is 0.417. The molecule has 0 saturated carbocycles. The highest BCUT2D eigenvalue weighted by Crippen LogP contribution is 2.30. The maximum Gasteiger partial charge on any atom is 0.325 e. The van der Waals surface area contributed by atoms with Crippen LogP contribution in [0.3, 0.4) is 0 Å². The summed E-state index contributed by atoms with van der Waals surface area (Å²) in [5.74, 6) is -0.651. The van der Waals surface area contributed by atoms with Gasteiger partial charge in [0.15, 0.2) is 0 Å². The van der Waals surface area contributed by atoms with E-state index >= 15 is 0 Å². The van der Waals surface area contributed by atoms with Crippen molar-refractivity contribution >= 4 is 27.7 Å². The molecule has 0 aliphatic rings. The second-order valence-electron chi connectivity index (χ2n) is 7.37. The zero-order valence-electron chi connectivity index (χ0n) is 19.9. The topological polar surface area (TPSA) is 108 Å². The molecule has 0 heterocycles. The monoisotopic (exact) mass is 493 g/mol. The fourth-order valence-electron chi connectivity index (χ4n) is 3.02. The van der Waals surface area contributed by atoms with Gasteiger partial charge in [0, 0.05) is 0 Å². The summed E-state index contributed by atoms with van der Waals surface area (Å²) >= 11 is 0. The van der Waals surface area contributed by atoms with Gasteiger partial charge in [-0.3, -0.25) is 13.8 Å². The number of nitrogens with zero attached hydrogens (tertiary/aromatic N) is 1. The van der Waals surface area contributed by atoms with Crippen LogP contribution in [0.15, 0.2) is 47.4 Å². The van der Waals surface area contributed by atoms with Crippen LogP contribution in [-0.2, 0) is 33.4 Å². The van der Waals surface area contributed by atoms with Crippen molar-refractivity contribution < 1.29 is 36.4 Å². The molecule has 2 aromatic rings. The van der Waals surface area contributed by atoms with E-state index in [1.54, 1.807) is 38.1 Å². The third kappa shape index (κ3) is 8.35. The Morgan fingerprint density at radius 3 is 1.94 bits per heavy atom. The maximum atomic E-state index is 12.4. The molecule has 2 rings (SSSR count). The van der Waals surface area contributed by atoms with Crippen molar-refractivity contribution in [3.8, 4) is 5.75 Å². The van der Waals surface area contributed by atoms with Gasteiger partial charge in [0.2, 0.25) is 0 Å². The second kappa shape index (κ2) is 13.0. The Hall–Kier alpha value is -3.11. The molecule has 0 unspecified atom stereocenters. The number of benzene rings is 2. The minimum Gasteiger partial charge on any atom is -0.489 e. The Labute approximate surface area is 200 Å². The van der Waals surface area contributed by atoms with Crippen LogP contribution in [-0.4, -0.2) is 59.9 Å². The Kier molecular flexibility index (Phi) is 10.3. The summed E-state index contributed by atoms with van der Waals surface area (Å²) in [4.78, 5) is 25.8. The van der Waals surface area contributed by atoms with E-state index in [4.69, 9.17) is 18.4 Å². The normalized spacial score (nSPS) is 11.1. The minimum absolute atomic E-state index is 0.0596. The number of hydrogen-bond donors (Lipinski definition) is 0. The Balaban J connectivity index is 2.13.